The van der Waals surface area contributed by atoms with Crippen molar-refractivity contribution in [3.05, 3.63) is 27.8 Å². The molecule has 0 bridgehead atoms. The van der Waals surface area contributed by atoms with Gasteiger partial charge in [0.15, 0.2) is 0 Å². The van der Waals surface area contributed by atoms with Crippen molar-refractivity contribution in [3.63, 3.8) is 0 Å². The Hall–Kier alpha value is -1.52. The Balaban J connectivity index is 2.86. The van der Waals surface area contributed by atoms with Crippen LogP contribution < -0.4 is 10.6 Å². The molecule has 0 spiro atoms. The molecule has 0 aromatic heterocycles. The zero-order valence-electron chi connectivity index (χ0n) is 10.1. The Kier molecular flexibility index (Phi) is 4.84. The smallest absolute Gasteiger partial charge is 0.422 e. The number of urea groups is 1. The fourth-order valence-electron chi connectivity index (χ4n) is 1.20. The summed E-state index contributed by atoms with van der Waals surface area (Å²) in [5.41, 5.74) is -3.11. The molecular formula is C11H10F3IN2O3. The van der Waals surface area contributed by atoms with Gasteiger partial charge in [-0.1, -0.05) is 6.07 Å². The van der Waals surface area contributed by atoms with Gasteiger partial charge in [-0.3, -0.25) is 0 Å². The molecule has 0 saturated heterocycles. The maximum absolute atomic E-state index is 12.7. The fraction of sp³-hybridized carbons (Fsp3) is 0.273. The number of nitrogens with one attached hydrogen (secondary N) is 2. The maximum atomic E-state index is 12.7. The molecule has 1 atom stereocenters. The Morgan fingerprint density at radius 2 is 1.90 bits per heavy atom. The van der Waals surface area contributed by atoms with Crippen LogP contribution in [0.1, 0.15) is 6.92 Å². The van der Waals surface area contributed by atoms with Gasteiger partial charge >= 0.3 is 18.2 Å². The lowest BCUT2D eigenvalue weighted by Gasteiger charge is -2.28. The molecule has 1 rings (SSSR count). The van der Waals surface area contributed by atoms with E-state index in [1.54, 1.807) is 12.1 Å². The first-order valence-corrected chi connectivity index (χ1v) is 6.29. The van der Waals surface area contributed by atoms with Crippen molar-refractivity contribution in [1.29, 1.82) is 0 Å². The van der Waals surface area contributed by atoms with E-state index in [1.165, 1.54) is 17.4 Å². The molecule has 0 heterocycles. The van der Waals surface area contributed by atoms with E-state index < -0.39 is 23.7 Å². The summed E-state index contributed by atoms with van der Waals surface area (Å²) in [6.45, 7) is 0.379. The number of anilines is 1. The predicted molar refractivity (Wildman–Crippen MR) is 73.4 cm³/mol. The lowest BCUT2D eigenvalue weighted by atomic mass is 10.0. The lowest BCUT2D eigenvalue weighted by Crippen LogP contribution is -2.62. The first-order valence-electron chi connectivity index (χ1n) is 5.21. The van der Waals surface area contributed by atoms with Gasteiger partial charge < -0.3 is 15.7 Å². The number of rotatable bonds is 3. The van der Waals surface area contributed by atoms with E-state index in [4.69, 9.17) is 5.11 Å². The number of benzene rings is 1. The summed E-state index contributed by atoms with van der Waals surface area (Å²) in [4.78, 5) is 22.2. The molecule has 0 fully saturated rings. The molecular weight excluding hydrogens is 392 g/mol. The highest BCUT2D eigenvalue weighted by molar-refractivity contribution is 14.1. The second-order valence-corrected chi connectivity index (χ2v) is 5.26. The number of carbonyl (C=O) groups excluding carboxylic acids is 1. The zero-order chi connectivity index (χ0) is 15.6. The molecule has 2 amide bonds. The average molecular weight is 402 g/mol. The number of halogens is 4. The molecule has 0 saturated carbocycles. The summed E-state index contributed by atoms with van der Waals surface area (Å²) in [5, 5.41) is 12.2. The molecule has 110 valence electrons. The number of carbonyl (C=O) groups is 2. The molecule has 0 aliphatic carbocycles. The van der Waals surface area contributed by atoms with E-state index in [1.807, 2.05) is 22.6 Å². The van der Waals surface area contributed by atoms with Gasteiger partial charge in [0.05, 0.1) is 0 Å². The fourth-order valence-corrected chi connectivity index (χ4v) is 1.74. The van der Waals surface area contributed by atoms with Crippen LogP contribution in [0.15, 0.2) is 24.3 Å². The number of amides is 2. The minimum absolute atomic E-state index is 0.254. The Bertz CT molecular complexity index is 536. The largest absolute Gasteiger partial charge is 0.479 e. The predicted octanol–water partition coefficient (Wildman–Crippen LogP) is 2.82. The summed E-state index contributed by atoms with van der Waals surface area (Å²) in [7, 11) is 0. The van der Waals surface area contributed by atoms with Crippen LogP contribution in [0.5, 0.6) is 0 Å². The summed E-state index contributed by atoms with van der Waals surface area (Å²) < 4.78 is 38.8. The molecule has 9 heteroatoms. The second-order valence-electron chi connectivity index (χ2n) is 4.02. The summed E-state index contributed by atoms with van der Waals surface area (Å²) in [6.07, 6.45) is -5.12. The Labute approximate surface area is 125 Å². The van der Waals surface area contributed by atoms with E-state index >= 15 is 0 Å². The van der Waals surface area contributed by atoms with Crippen LogP contribution in [-0.2, 0) is 4.79 Å². The van der Waals surface area contributed by atoms with Crippen LogP contribution in [0.2, 0.25) is 0 Å². The SMILES string of the molecule is CC(NC(=O)Nc1cccc(I)c1)(C(=O)O)C(F)(F)F. The third-order valence-electron chi connectivity index (χ3n) is 2.44. The molecule has 1 aromatic rings. The molecule has 5 nitrogen and oxygen atoms in total. The van der Waals surface area contributed by atoms with Gasteiger partial charge in [-0.05, 0) is 47.7 Å². The van der Waals surface area contributed by atoms with E-state index in [-0.39, 0.29) is 5.69 Å². The topological polar surface area (TPSA) is 78.4 Å². The minimum Gasteiger partial charge on any atom is -0.479 e. The van der Waals surface area contributed by atoms with Crippen LogP contribution in [-0.4, -0.2) is 28.8 Å². The second kappa shape index (κ2) is 5.85. The number of hydrogen-bond acceptors (Lipinski definition) is 2. The molecule has 1 unspecified atom stereocenters. The average Bonchev–Trinajstić information content (AvgIpc) is 2.26. The van der Waals surface area contributed by atoms with E-state index in [2.05, 4.69) is 5.32 Å². The lowest BCUT2D eigenvalue weighted by molar-refractivity contribution is -0.203. The number of alkyl halides is 3. The van der Waals surface area contributed by atoms with E-state index in [0.29, 0.717) is 6.92 Å². The number of carboxylic acid groups (broad SMARTS) is 1. The molecule has 3 N–H and O–H groups in total. The van der Waals surface area contributed by atoms with Crippen molar-refractivity contribution in [2.24, 2.45) is 0 Å². The van der Waals surface area contributed by atoms with Crippen molar-refractivity contribution in [3.8, 4) is 0 Å². The minimum atomic E-state index is -5.12. The van der Waals surface area contributed by atoms with Gasteiger partial charge in [-0.25, -0.2) is 9.59 Å². The Morgan fingerprint density at radius 1 is 1.30 bits per heavy atom. The van der Waals surface area contributed by atoms with Crippen molar-refractivity contribution in [1.82, 2.24) is 5.32 Å². The highest BCUT2D eigenvalue weighted by Crippen LogP contribution is 2.30. The molecule has 0 aliphatic heterocycles. The maximum Gasteiger partial charge on any atom is 0.422 e. The standard InChI is InChI=1S/C11H10F3IN2O3/c1-10(8(18)19,11(12,13)14)17-9(20)16-7-4-2-3-6(15)5-7/h2-5H,1H3,(H,18,19)(H2,16,17,20). The summed E-state index contributed by atoms with van der Waals surface area (Å²) >= 11 is 1.96. The van der Waals surface area contributed by atoms with Crippen LogP contribution in [0.25, 0.3) is 0 Å². The van der Waals surface area contributed by atoms with Gasteiger partial charge in [-0.15, -0.1) is 0 Å². The van der Waals surface area contributed by atoms with Gasteiger partial charge in [0, 0.05) is 9.26 Å². The molecule has 0 radical (unpaired) electrons. The summed E-state index contributed by atoms with van der Waals surface area (Å²) in [5.74, 6) is -2.19. The van der Waals surface area contributed by atoms with Gasteiger partial charge in [0.25, 0.3) is 0 Å². The van der Waals surface area contributed by atoms with Crippen LogP contribution in [0.3, 0.4) is 0 Å². The van der Waals surface area contributed by atoms with Crippen molar-refractivity contribution >= 4 is 40.3 Å². The van der Waals surface area contributed by atoms with E-state index in [0.717, 1.165) is 3.57 Å². The van der Waals surface area contributed by atoms with Gasteiger partial charge in [-0.2, -0.15) is 13.2 Å². The number of aliphatic carboxylic acids is 1. The van der Waals surface area contributed by atoms with Crippen molar-refractivity contribution in [2.75, 3.05) is 5.32 Å². The van der Waals surface area contributed by atoms with Gasteiger partial charge in [0.1, 0.15) is 0 Å². The monoisotopic (exact) mass is 402 g/mol. The normalized spacial score (nSPS) is 14.2. The quantitative estimate of drug-likeness (QED) is 0.681. The summed E-state index contributed by atoms with van der Waals surface area (Å²) in [6, 6.07) is 5.05. The third-order valence-corrected chi connectivity index (χ3v) is 3.11. The third kappa shape index (κ3) is 3.74. The van der Waals surface area contributed by atoms with Crippen LogP contribution >= 0.6 is 22.6 Å². The number of hydrogen-bond donors (Lipinski definition) is 3. The molecule has 0 aliphatic rings. The molecule has 20 heavy (non-hydrogen) atoms. The van der Waals surface area contributed by atoms with Crippen molar-refractivity contribution < 1.29 is 27.9 Å². The molecule has 1 aromatic carbocycles. The van der Waals surface area contributed by atoms with Crippen LogP contribution in [0.4, 0.5) is 23.7 Å². The van der Waals surface area contributed by atoms with Crippen molar-refractivity contribution in [2.45, 2.75) is 18.6 Å². The highest BCUT2D eigenvalue weighted by atomic mass is 127. The zero-order valence-corrected chi connectivity index (χ0v) is 12.2. The van der Waals surface area contributed by atoms with Crippen LogP contribution in [0, 0.1) is 3.57 Å². The van der Waals surface area contributed by atoms with Gasteiger partial charge in [0.2, 0.25) is 5.54 Å². The van der Waals surface area contributed by atoms with E-state index in [9.17, 15) is 22.8 Å². The highest BCUT2D eigenvalue weighted by Gasteiger charge is 2.58. The Morgan fingerprint density at radius 3 is 2.35 bits per heavy atom. The number of carboxylic acids is 1. The first kappa shape index (κ1) is 16.5. The first-order chi connectivity index (χ1) is 9.06.